The van der Waals surface area contributed by atoms with Gasteiger partial charge in [0, 0.05) is 59.0 Å². The molecule has 292 valence electrons. The number of aliphatic imine (C=N–C) groups is 1. The number of hydrogen-bond donors (Lipinski definition) is 0. The van der Waals surface area contributed by atoms with Crippen LogP contribution >= 0.6 is 0 Å². The van der Waals surface area contributed by atoms with E-state index >= 15 is 0 Å². The van der Waals surface area contributed by atoms with Crippen molar-refractivity contribution in [1.82, 2.24) is 19.6 Å². The standard InChI is InChI=1S/C44H61N5O5/c1-33(2)39(43(53)46-26-12-13-27-46)48(30-16-22-35-18-8-6-9-19-35)41(51)37(32-45-5)24-25-38(50)42(52)49(31-17-23-36-20-10-7-11-21-36)40(34(3)4)44(54)47-28-14-15-29-47/h6-11,18-21,24,32-34,39-40H,12-17,22-23,25-31H2,1-5H3/b37-24+,45-32?. The van der Waals surface area contributed by atoms with Gasteiger partial charge in [0.15, 0.2) is 0 Å². The Hall–Kier alpha value is -4.60. The van der Waals surface area contributed by atoms with Crippen LogP contribution in [0.3, 0.4) is 0 Å². The van der Waals surface area contributed by atoms with Crippen LogP contribution in [0.5, 0.6) is 0 Å². The SMILES string of the molecule is CN=C/C(=C\CC(=O)C(=O)N(CCCc1ccccc1)C(C(=O)N1CCCC1)C(C)C)C(=O)N(CCCc1ccccc1)C(C(=O)N1CCCC1)C(C)C. The van der Waals surface area contributed by atoms with Crippen molar-refractivity contribution < 1.29 is 24.0 Å². The molecule has 0 radical (unpaired) electrons. The summed E-state index contributed by atoms with van der Waals surface area (Å²) >= 11 is 0. The molecular formula is C44H61N5O5. The molecule has 0 saturated carbocycles. The highest BCUT2D eigenvalue weighted by atomic mass is 16.2. The molecule has 2 aliphatic heterocycles. The highest BCUT2D eigenvalue weighted by Crippen LogP contribution is 2.23. The van der Waals surface area contributed by atoms with Crippen LogP contribution in [0.15, 0.2) is 77.3 Å². The normalized spacial score (nSPS) is 15.9. The topological polar surface area (TPSA) is 111 Å². The second-order valence-electron chi connectivity index (χ2n) is 15.3. The van der Waals surface area contributed by atoms with Gasteiger partial charge < -0.3 is 19.6 Å². The molecule has 10 nitrogen and oxygen atoms in total. The van der Waals surface area contributed by atoms with E-state index in [9.17, 15) is 24.0 Å². The first kappa shape index (κ1) is 42.1. The van der Waals surface area contributed by atoms with Gasteiger partial charge in [-0.25, -0.2) is 0 Å². The molecule has 0 bridgehead atoms. The predicted octanol–water partition coefficient (Wildman–Crippen LogP) is 5.79. The van der Waals surface area contributed by atoms with Gasteiger partial charge >= 0.3 is 0 Å². The van der Waals surface area contributed by atoms with E-state index in [4.69, 9.17) is 0 Å². The molecular weight excluding hydrogens is 679 g/mol. The molecule has 0 aliphatic carbocycles. The minimum Gasteiger partial charge on any atom is -0.341 e. The van der Waals surface area contributed by atoms with E-state index < -0.39 is 29.7 Å². The minimum absolute atomic E-state index is 0.0665. The predicted molar refractivity (Wildman–Crippen MR) is 214 cm³/mol. The number of rotatable bonds is 19. The van der Waals surface area contributed by atoms with Crippen molar-refractivity contribution in [1.29, 1.82) is 0 Å². The molecule has 2 atom stereocenters. The summed E-state index contributed by atoms with van der Waals surface area (Å²) in [6.07, 6.45) is 8.90. The Bertz CT molecular complexity index is 1590. The Morgan fingerprint density at radius 3 is 1.44 bits per heavy atom. The molecule has 54 heavy (non-hydrogen) atoms. The zero-order chi connectivity index (χ0) is 39.0. The Kier molecular flexibility index (Phi) is 16.6. The molecule has 2 aromatic carbocycles. The zero-order valence-electron chi connectivity index (χ0n) is 33.1. The van der Waals surface area contributed by atoms with Crippen molar-refractivity contribution in [2.24, 2.45) is 16.8 Å². The zero-order valence-corrected chi connectivity index (χ0v) is 33.1. The molecule has 4 rings (SSSR count). The third kappa shape index (κ3) is 11.7. The number of aryl methyl sites for hydroxylation is 2. The fourth-order valence-electron chi connectivity index (χ4n) is 7.69. The molecule has 0 aromatic heterocycles. The lowest BCUT2D eigenvalue weighted by atomic mass is 9.98. The van der Waals surface area contributed by atoms with Crippen LogP contribution in [0.2, 0.25) is 0 Å². The molecule has 2 unspecified atom stereocenters. The van der Waals surface area contributed by atoms with Gasteiger partial charge in [-0.2, -0.15) is 0 Å². The summed E-state index contributed by atoms with van der Waals surface area (Å²) in [5.74, 6) is -2.39. The first-order valence-electron chi connectivity index (χ1n) is 20.0. The third-order valence-corrected chi connectivity index (χ3v) is 10.5. The molecule has 2 aromatic rings. The summed E-state index contributed by atoms with van der Waals surface area (Å²) in [7, 11) is 1.55. The summed E-state index contributed by atoms with van der Waals surface area (Å²) in [6, 6.07) is 18.5. The third-order valence-electron chi connectivity index (χ3n) is 10.5. The van der Waals surface area contributed by atoms with Crippen molar-refractivity contribution >= 4 is 35.6 Å². The molecule has 0 N–H and O–H groups in total. The van der Waals surface area contributed by atoms with E-state index in [0.717, 1.165) is 43.2 Å². The van der Waals surface area contributed by atoms with E-state index in [2.05, 4.69) is 4.99 Å². The maximum atomic E-state index is 14.5. The van der Waals surface area contributed by atoms with Crippen molar-refractivity contribution in [3.63, 3.8) is 0 Å². The van der Waals surface area contributed by atoms with Crippen molar-refractivity contribution in [2.45, 2.75) is 97.6 Å². The van der Waals surface area contributed by atoms with Gasteiger partial charge in [0.25, 0.3) is 11.8 Å². The van der Waals surface area contributed by atoms with Crippen molar-refractivity contribution in [3.8, 4) is 0 Å². The van der Waals surface area contributed by atoms with Crippen LogP contribution in [0.1, 0.15) is 83.8 Å². The molecule has 2 fully saturated rings. The molecule has 4 amide bonds. The van der Waals surface area contributed by atoms with Gasteiger partial charge in [0.1, 0.15) is 12.1 Å². The minimum atomic E-state index is -0.777. The number of benzene rings is 2. The van der Waals surface area contributed by atoms with Crippen LogP contribution in [0, 0.1) is 11.8 Å². The first-order chi connectivity index (χ1) is 26.0. The lowest BCUT2D eigenvalue weighted by Gasteiger charge is -2.36. The van der Waals surface area contributed by atoms with Crippen LogP contribution < -0.4 is 0 Å². The second-order valence-corrected chi connectivity index (χ2v) is 15.3. The van der Waals surface area contributed by atoms with Gasteiger partial charge in [-0.15, -0.1) is 0 Å². The number of hydrogen-bond acceptors (Lipinski definition) is 6. The molecule has 0 spiro atoms. The van der Waals surface area contributed by atoms with E-state index in [0.29, 0.717) is 52.0 Å². The Labute approximate surface area is 322 Å². The number of amides is 4. The van der Waals surface area contributed by atoms with E-state index in [1.54, 1.807) is 11.9 Å². The summed E-state index contributed by atoms with van der Waals surface area (Å²) in [5, 5.41) is 0. The van der Waals surface area contributed by atoms with Crippen molar-refractivity contribution in [3.05, 3.63) is 83.4 Å². The summed E-state index contributed by atoms with van der Waals surface area (Å²) < 4.78 is 0. The number of likely N-dealkylation sites (tertiary alicyclic amines) is 2. The van der Waals surface area contributed by atoms with Crippen molar-refractivity contribution in [2.75, 3.05) is 46.3 Å². The lowest BCUT2D eigenvalue weighted by Crippen LogP contribution is -2.55. The van der Waals surface area contributed by atoms with Crippen LogP contribution in [-0.2, 0) is 36.8 Å². The average molecular weight is 740 g/mol. The Balaban J connectivity index is 1.59. The monoisotopic (exact) mass is 739 g/mol. The van der Waals surface area contributed by atoms with Gasteiger partial charge in [-0.05, 0) is 74.3 Å². The first-order valence-corrected chi connectivity index (χ1v) is 20.0. The second kappa shape index (κ2) is 21.3. The van der Waals surface area contributed by atoms with Crippen LogP contribution in [0.25, 0.3) is 0 Å². The molecule has 10 heteroatoms. The van der Waals surface area contributed by atoms with Crippen LogP contribution in [0.4, 0.5) is 0 Å². The van der Waals surface area contributed by atoms with E-state index in [1.807, 2.05) is 98.2 Å². The van der Waals surface area contributed by atoms with Gasteiger partial charge in [-0.1, -0.05) is 94.4 Å². The van der Waals surface area contributed by atoms with Gasteiger partial charge in [-0.3, -0.25) is 29.0 Å². The average Bonchev–Trinajstić information content (AvgIpc) is 3.91. The number of Topliss-reactive ketones (excluding diaryl/α,β-unsaturated/α-hetero) is 1. The molecule has 2 saturated heterocycles. The summed E-state index contributed by atoms with van der Waals surface area (Å²) in [6.45, 7) is 10.9. The summed E-state index contributed by atoms with van der Waals surface area (Å²) in [5.41, 5.74) is 2.41. The quantitative estimate of drug-likeness (QED) is 0.103. The highest BCUT2D eigenvalue weighted by Gasteiger charge is 2.39. The van der Waals surface area contributed by atoms with E-state index in [-0.39, 0.29) is 42.2 Å². The maximum absolute atomic E-state index is 14.5. The largest absolute Gasteiger partial charge is 0.341 e. The summed E-state index contributed by atoms with van der Waals surface area (Å²) in [4.78, 5) is 81.2. The Morgan fingerprint density at radius 2 is 1.06 bits per heavy atom. The van der Waals surface area contributed by atoms with Gasteiger partial charge in [0.2, 0.25) is 17.6 Å². The number of allylic oxidation sites excluding steroid dienone is 1. The van der Waals surface area contributed by atoms with Crippen LogP contribution in [-0.4, -0.2) is 114 Å². The van der Waals surface area contributed by atoms with Gasteiger partial charge in [0.05, 0.1) is 5.57 Å². The molecule has 2 aliphatic rings. The highest BCUT2D eigenvalue weighted by molar-refractivity contribution is 6.37. The number of nitrogens with zero attached hydrogens (tertiary/aromatic N) is 5. The molecule has 2 heterocycles. The fraction of sp³-hybridized carbons (Fsp3) is 0.545. The van der Waals surface area contributed by atoms with E-state index in [1.165, 1.54) is 17.2 Å². The smallest absolute Gasteiger partial charge is 0.290 e. The lowest BCUT2D eigenvalue weighted by molar-refractivity contribution is -0.152. The Morgan fingerprint density at radius 1 is 0.648 bits per heavy atom. The maximum Gasteiger partial charge on any atom is 0.290 e. The number of carbonyl (C=O) groups excluding carboxylic acids is 5. The fourth-order valence-corrected chi connectivity index (χ4v) is 7.69. The number of carbonyl (C=O) groups is 5. The number of ketones is 1.